The third-order valence-corrected chi connectivity index (χ3v) is 5.63. The summed E-state index contributed by atoms with van der Waals surface area (Å²) in [6.07, 6.45) is 0. The lowest BCUT2D eigenvalue weighted by molar-refractivity contribution is 0.490. The number of thiophene rings is 1. The maximum absolute atomic E-state index is 12.5. The highest BCUT2D eigenvalue weighted by Crippen LogP contribution is 2.18. The molecule has 4 nitrogen and oxygen atoms in total. The van der Waals surface area contributed by atoms with Gasteiger partial charge in [-0.3, -0.25) is 0 Å². The van der Waals surface area contributed by atoms with Gasteiger partial charge in [-0.1, -0.05) is 24.3 Å². The average molecular weight is 338 g/mol. The topological polar surface area (TPSA) is 58.2 Å². The quantitative estimate of drug-likeness (QED) is 0.851. The predicted molar refractivity (Wildman–Crippen MR) is 91.4 cm³/mol. The second-order valence-corrected chi connectivity index (χ2v) is 8.83. The molecule has 0 aliphatic carbocycles. The summed E-state index contributed by atoms with van der Waals surface area (Å²) in [4.78, 5) is 1.57. The Hall–Kier alpha value is -1.21. The third kappa shape index (κ3) is 4.91. The standard InChI is InChI=1S/C16H22N2O2S2/c1-16(2,3)18-22(19,20)15-9-5-4-7-13(15)11-17-12-14-8-6-10-21-14/h4-10,17-18H,11-12H2,1-3H3. The number of rotatable bonds is 6. The van der Waals surface area contributed by atoms with Crippen LogP contribution in [0.3, 0.4) is 0 Å². The Bertz CT molecular complexity index is 702. The first-order valence-electron chi connectivity index (χ1n) is 7.13. The van der Waals surface area contributed by atoms with Gasteiger partial charge in [-0.15, -0.1) is 11.3 Å². The molecule has 0 bridgehead atoms. The van der Waals surface area contributed by atoms with E-state index < -0.39 is 15.6 Å². The highest BCUT2D eigenvalue weighted by molar-refractivity contribution is 7.89. The number of hydrogen-bond acceptors (Lipinski definition) is 4. The van der Waals surface area contributed by atoms with Crippen molar-refractivity contribution in [3.63, 3.8) is 0 Å². The van der Waals surface area contributed by atoms with Gasteiger partial charge in [0.05, 0.1) is 4.90 Å². The van der Waals surface area contributed by atoms with Crippen LogP contribution in [0.25, 0.3) is 0 Å². The second kappa shape index (κ2) is 6.91. The van der Waals surface area contributed by atoms with Crippen molar-refractivity contribution in [2.24, 2.45) is 0 Å². The smallest absolute Gasteiger partial charge is 0.241 e. The van der Waals surface area contributed by atoms with E-state index in [0.29, 0.717) is 11.4 Å². The van der Waals surface area contributed by atoms with E-state index in [-0.39, 0.29) is 0 Å². The van der Waals surface area contributed by atoms with Crippen molar-refractivity contribution in [2.75, 3.05) is 0 Å². The van der Waals surface area contributed by atoms with Crippen LogP contribution in [0.15, 0.2) is 46.7 Å². The molecule has 0 aliphatic heterocycles. The first-order valence-corrected chi connectivity index (χ1v) is 9.49. The van der Waals surface area contributed by atoms with Crippen LogP contribution in [-0.4, -0.2) is 14.0 Å². The van der Waals surface area contributed by atoms with Gasteiger partial charge in [-0.25, -0.2) is 13.1 Å². The Morgan fingerprint density at radius 2 is 1.77 bits per heavy atom. The van der Waals surface area contributed by atoms with Gasteiger partial charge in [0.1, 0.15) is 0 Å². The van der Waals surface area contributed by atoms with Gasteiger partial charge in [0.2, 0.25) is 10.0 Å². The van der Waals surface area contributed by atoms with Gasteiger partial charge < -0.3 is 5.32 Å². The summed E-state index contributed by atoms with van der Waals surface area (Å²) in [5.74, 6) is 0. The first-order chi connectivity index (χ1) is 10.3. The van der Waals surface area contributed by atoms with E-state index in [1.165, 1.54) is 4.88 Å². The highest BCUT2D eigenvalue weighted by atomic mass is 32.2. The summed E-state index contributed by atoms with van der Waals surface area (Å²) >= 11 is 1.68. The van der Waals surface area contributed by atoms with Gasteiger partial charge in [-0.05, 0) is 43.8 Å². The predicted octanol–water partition coefficient (Wildman–Crippen LogP) is 3.11. The molecule has 1 aromatic carbocycles. The molecular formula is C16H22N2O2S2. The molecule has 0 unspecified atom stereocenters. The monoisotopic (exact) mass is 338 g/mol. The van der Waals surface area contributed by atoms with Crippen LogP contribution >= 0.6 is 11.3 Å². The minimum Gasteiger partial charge on any atom is -0.308 e. The zero-order chi connectivity index (χ0) is 16.2. The van der Waals surface area contributed by atoms with Gasteiger partial charge in [0, 0.05) is 23.5 Å². The van der Waals surface area contributed by atoms with Gasteiger partial charge in [0.15, 0.2) is 0 Å². The normalized spacial score (nSPS) is 12.5. The lowest BCUT2D eigenvalue weighted by Gasteiger charge is -2.21. The molecule has 1 heterocycles. The minimum atomic E-state index is -3.52. The summed E-state index contributed by atoms with van der Waals surface area (Å²) in [5, 5.41) is 5.33. The van der Waals surface area contributed by atoms with E-state index in [0.717, 1.165) is 12.1 Å². The van der Waals surface area contributed by atoms with Crippen molar-refractivity contribution in [2.45, 2.75) is 44.3 Å². The van der Waals surface area contributed by atoms with Crippen molar-refractivity contribution >= 4 is 21.4 Å². The van der Waals surface area contributed by atoms with Crippen LogP contribution in [0, 0.1) is 0 Å². The highest BCUT2D eigenvalue weighted by Gasteiger charge is 2.23. The molecule has 2 rings (SSSR count). The van der Waals surface area contributed by atoms with E-state index in [1.54, 1.807) is 23.5 Å². The van der Waals surface area contributed by atoms with Gasteiger partial charge in [0.25, 0.3) is 0 Å². The van der Waals surface area contributed by atoms with Crippen molar-refractivity contribution in [1.82, 2.24) is 10.0 Å². The summed E-state index contributed by atoms with van der Waals surface area (Å²) in [6.45, 7) is 6.75. The van der Waals surface area contributed by atoms with Gasteiger partial charge in [-0.2, -0.15) is 0 Å². The number of nitrogens with one attached hydrogen (secondary N) is 2. The van der Waals surface area contributed by atoms with Crippen LogP contribution in [0.1, 0.15) is 31.2 Å². The summed E-state index contributed by atoms with van der Waals surface area (Å²) < 4.78 is 27.7. The number of hydrogen-bond donors (Lipinski definition) is 2. The van der Waals surface area contributed by atoms with Crippen LogP contribution in [-0.2, 0) is 23.1 Å². The molecule has 0 spiro atoms. The molecule has 0 aliphatic rings. The number of sulfonamides is 1. The van der Waals surface area contributed by atoms with E-state index in [9.17, 15) is 8.42 Å². The molecule has 22 heavy (non-hydrogen) atoms. The molecule has 120 valence electrons. The third-order valence-electron chi connectivity index (χ3n) is 2.90. The molecule has 0 saturated carbocycles. The Kier molecular flexibility index (Phi) is 5.39. The van der Waals surface area contributed by atoms with Crippen molar-refractivity contribution in [1.29, 1.82) is 0 Å². The largest absolute Gasteiger partial charge is 0.308 e. The zero-order valence-electron chi connectivity index (χ0n) is 13.1. The first kappa shape index (κ1) is 17.1. The fraction of sp³-hybridized carbons (Fsp3) is 0.375. The molecular weight excluding hydrogens is 316 g/mol. The maximum Gasteiger partial charge on any atom is 0.241 e. The van der Waals surface area contributed by atoms with Crippen molar-refractivity contribution in [3.05, 3.63) is 52.2 Å². The molecule has 2 N–H and O–H groups in total. The van der Waals surface area contributed by atoms with E-state index in [4.69, 9.17) is 0 Å². The van der Waals surface area contributed by atoms with Crippen LogP contribution < -0.4 is 10.0 Å². The molecule has 1 aromatic heterocycles. The molecule has 0 fully saturated rings. The molecule has 6 heteroatoms. The second-order valence-electron chi connectivity index (χ2n) is 6.15. The van der Waals surface area contributed by atoms with Crippen LogP contribution in [0.5, 0.6) is 0 Å². The number of benzene rings is 1. The van der Waals surface area contributed by atoms with Crippen LogP contribution in [0.2, 0.25) is 0 Å². The zero-order valence-corrected chi connectivity index (χ0v) is 14.7. The molecule has 0 radical (unpaired) electrons. The maximum atomic E-state index is 12.5. The molecule has 0 atom stereocenters. The van der Waals surface area contributed by atoms with E-state index in [2.05, 4.69) is 16.1 Å². The Morgan fingerprint density at radius 3 is 2.41 bits per heavy atom. The molecule has 0 saturated heterocycles. The van der Waals surface area contributed by atoms with E-state index in [1.807, 2.05) is 44.4 Å². The van der Waals surface area contributed by atoms with Crippen molar-refractivity contribution < 1.29 is 8.42 Å². The summed E-state index contributed by atoms with van der Waals surface area (Å²) in [7, 11) is -3.52. The van der Waals surface area contributed by atoms with Crippen molar-refractivity contribution in [3.8, 4) is 0 Å². The Labute approximate surface area is 136 Å². The lowest BCUT2D eigenvalue weighted by atomic mass is 10.1. The Balaban J connectivity index is 2.12. The SMILES string of the molecule is CC(C)(C)NS(=O)(=O)c1ccccc1CNCc1cccs1. The minimum absolute atomic E-state index is 0.337. The van der Waals surface area contributed by atoms with Crippen LogP contribution in [0.4, 0.5) is 0 Å². The Morgan fingerprint density at radius 1 is 1.05 bits per heavy atom. The molecule has 0 amide bonds. The fourth-order valence-electron chi connectivity index (χ4n) is 2.10. The fourth-order valence-corrected chi connectivity index (χ4v) is 4.44. The summed E-state index contributed by atoms with van der Waals surface area (Å²) in [5.41, 5.74) is 0.270. The van der Waals surface area contributed by atoms with Gasteiger partial charge >= 0.3 is 0 Å². The average Bonchev–Trinajstić information content (AvgIpc) is 2.89. The van der Waals surface area contributed by atoms with E-state index >= 15 is 0 Å². The molecule has 2 aromatic rings. The lowest BCUT2D eigenvalue weighted by Crippen LogP contribution is -2.40. The summed E-state index contributed by atoms with van der Waals surface area (Å²) in [6, 6.07) is 11.2.